The minimum Gasteiger partial charge on any atom is -0.303 e. The van der Waals surface area contributed by atoms with Crippen LogP contribution in [0.25, 0.3) is 0 Å². The lowest BCUT2D eigenvalue weighted by Gasteiger charge is -2.04. The molecule has 1 heterocycles. The molecule has 0 atom stereocenters. The maximum atomic E-state index is 11.5. The SMILES string of the molecule is Cc1sc(=O)n(CCCCC(=O)NN)c1C. The molecule has 0 saturated carbocycles. The lowest BCUT2D eigenvalue weighted by Crippen LogP contribution is -2.29. The normalized spacial score (nSPS) is 10.4. The molecule has 0 aliphatic carbocycles. The summed E-state index contributed by atoms with van der Waals surface area (Å²) in [4.78, 5) is 23.5. The van der Waals surface area contributed by atoms with E-state index in [1.807, 2.05) is 13.8 Å². The Balaban J connectivity index is 2.43. The molecule has 16 heavy (non-hydrogen) atoms. The number of carbonyl (C=O) groups is 1. The second-order valence-electron chi connectivity index (χ2n) is 3.69. The minimum absolute atomic E-state index is 0.0817. The lowest BCUT2D eigenvalue weighted by atomic mass is 10.2. The van der Waals surface area contributed by atoms with Crippen LogP contribution in [0.4, 0.5) is 0 Å². The van der Waals surface area contributed by atoms with Crippen molar-refractivity contribution in [1.29, 1.82) is 0 Å². The quantitative estimate of drug-likeness (QED) is 0.346. The van der Waals surface area contributed by atoms with Gasteiger partial charge in [0.15, 0.2) is 0 Å². The van der Waals surface area contributed by atoms with Crippen LogP contribution >= 0.6 is 11.3 Å². The average Bonchev–Trinajstić information content (AvgIpc) is 2.49. The molecule has 0 aliphatic heterocycles. The molecule has 1 amide bonds. The first-order chi connectivity index (χ1) is 7.56. The Bertz CT molecular complexity index is 422. The Hall–Kier alpha value is -1.14. The Morgan fingerprint density at radius 2 is 2.12 bits per heavy atom. The summed E-state index contributed by atoms with van der Waals surface area (Å²) in [5.74, 6) is 4.80. The first-order valence-electron chi connectivity index (χ1n) is 5.22. The van der Waals surface area contributed by atoms with Gasteiger partial charge >= 0.3 is 4.87 Å². The maximum absolute atomic E-state index is 11.5. The largest absolute Gasteiger partial charge is 0.307 e. The highest BCUT2D eigenvalue weighted by Crippen LogP contribution is 2.10. The van der Waals surface area contributed by atoms with E-state index in [1.54, 1.807) is 4.57 Å². The van der Waals surface area contributed by atoms with Crippen LogP contribution < -0.4 is 16.1 Å². The molecule has 5 nitrogen and oxygen atoms in total. The standard InChI is InChI=1S/C10H17N3O2S/c1-7-8(2)16-10(15)13(7)6-4-3-5-9(14)12-11/h3-6,11H2,1-2H3,(H,12,14). The lowest BCUT2D eigenvalue weighted by molar-refractivity contribution is -0.121. The van der Waals surface area contributed by atoms with E-state index < -0.39 is 0 Å². The molecule has 1 aromatic rings. The fourth-order valence-corrected chi connectivity index (χ4v) is 2.33. The van der Waals surface area contributed by atoms with E-state index >= 15 is 0 Å². The summed E-state index contributed by atoms with van der Waals surface area (Å²) in [7, 11) is 0. The highest BCUT2D eigenvalue weighted by atomic mass is 32.1. The minimum atomic E-state index is -0.162. The number of rotatable bonds is 5. The predicted octanol–water partition coefficient (Wildman–Crippen LogP) is 0.687. The Labute approximate surface area is 98.2 Å². The number of carbonyl (C=O) groups excluding carboxylic acids is 1. The smallest absolute Gasteiger partial charge is 0.303 e. The second kappa shape index (κ2) is 5.81. The number of nitrogens with two attached hydrogens (primary N) is 1. The third-order valence-electron chi connectivity index (χ3n) is 2.57. The zero-order valence-electron chi connectivity index (χ0n) is 9.58. The topological polar surface area (TPSA) is 77.1 Å². The van der Waals surface area contributed by atoms with Crippen molar-refractivity contribution >= 4 is 17.2 Å². The van der Waals surface area contributed by atoms with E-state index in [-0.39, 0.29) is 10.8 Å². The number of thiazole rings is 1. The summed E-state index contributed by atoms with van der Waals surface area (Å²) in [6.07, 6.45) is 1.96. The van der Waals surface area contributed by atoms with E-state index in [9.17, 15) is 9.59 Å². The molecular formula is C10H17N3O2S. The van der Waals surface area contributed by atoms with Crippen LogP contribution in [0.3, 0.4) is 0 Å². The van der Waals surface area contributed by atoms with Crippen LogP contribution in [0.1, 0.15) is 29.8 Å². The van der Waals surface area contributed by atoms with Crippen LogP contribution in [-0.4, -0.2) is 10.5 Å². The third kappa shape index (κ3) is 3.18. The van der Waals surface area contributed by atoms with Gasteiger partial charge in [-0.05, 0) is 26.7 Å². The number of aryl methyl sites for hydroxylation is 1. The van der Waals surface area contributed by atoms with Gasteiger partial charge in [0.05, 0.1) is 0 Å². The summed E-state index contributed by atoms with van der Waals surface area (Å²) in [6, 6.07) is 0. The average molecular weight is 243 g/mol. The predicted molar refractivity (Wildman–Crippen MR) is 64.2 cm³/mol. The Kier molecular flexibility index (Phi) is 4.70. The third-order valence-corrected chi connectivity index (χ3v) is 3.57. The number of nitrogens with one attached hydrogen (secondary N) is 1. The van der Waals surface area contributed by atoms with Crippen LogP contribution in [0.15, 0.2) is 4.79 Å². The van der Waals surface area contributed by atoms with Crippen molar-refractivity contribution in [3.63, 3.8) is 0 Å². The fourth-order valence-electron chi connectivity index (χ4n) is 1.47. The molecule has 0 bridgehead atoms. The number of aromatic nitrogens is 1. The molecule has 0 fully saturated rings. The summed E-state index contributed by atoms with van der Waals surface area (Å²) < 4.78 is 1.76. The van der Waals surface area contributed by atoms with Gasteiger partial charge in [-0.25, -0.2) is 5.84 Å². The molecule has 3 N–H and O–H groups in total. The molecule has 0 saturated heterocycles. The number of hydrogen-bond acceptors (Lipinski definition) is 4. The number of hydrazine groups is 1. The molecule has 0 aromatic carbocycles. The van der Waals surface area contributed by atoms with Crippen molar-refractivity contribution in [2.45, 2.75) is 39.7 Å². The van der Waals surface area contributed by atoms with Crippen molar-refractivity contribution < 1.29 is 4.79 Å². The van der Waals surface area contributed by atoms with Crippen molar-refractivity contribution in [3.05, 3.63) is 20.2 Å². The van der Waals surface area contributed by atoms with Crippen molar-refractivity contribution in [1.82, 2.24) is 9.99 Å². The molecule has 0 unspecified atom stereocenters. The van der Waals surface area contributed by atoms with E-state index in [0.717, 1.165) is 23.4 Å². The molecular weight excluding hydrogens is 226 g/mol. The van der Waals surface area contributed by atoms with E-state index in [4.69, 9.17) is 5.84 Å². The van der Waals surface area contributed by atoms with Crippen molar-refractivity contribution in [3.8, 4) is 0 Å². The summed E-state index contributed by atoms with van der Waals surface area (Å²) in [6.45, 7) is 4.56. The van der Waals surface area contributed by atoms with Gasteiger partial charge in [-0.1, -0.05) is 11.3 Å². The van der Waals surface area contributed by atoms with Gasteiger partial charge in [0.25, 0.3) is 0 Å². The highest BCUT2D eigenvalue weighted by molar-refractivity contribution is 7.09. The second-order valence-corrected chi connectivity index (χ2v) is 4.85. The first kappa shape index (κ1) is 12.9. The van der Waals surface area contributed by atoms with Gasteiger partial charge in [-0.3, -0.25) is 15.0 Å². The molecule has 90 valence electrons. The van der Waals surface area contributed by atoms with E-state index in [2.05, 4.69) is 5.43 Å². The number of hydrogen-bond donors (Lipinski definition) is 2. The number of nitrogens with zero attached hydrogens (tertiary/aromatic N) is 1. The molecule has 0 spiro atoms. The Morgan fingerprint density at radius 1 is 1.44 bits per heavy atom. The molecule has 1 aromatic heterocycles. The highest BCUT2D eigenvalue weighted by Gasteiger charge is 2.06. The van der Waals surface area contributed by atoms with Crippen LogP contribution in [-0.2, 0) is 11.3 Å². The van der Waals surface area contributed by atoms with E-state index in [1.165, 1.54) is 11.3 Å². The zero-order valence-corrected chi connectivity index (χ0v) is 10.4. The van der Waals surface area contributed by atoms with Crippen molar-refractivity contribution in [2.75, 3.05) is 0 Å². The summed E-state index contributed by atoms with van der Waals surface area (Å²) in [5, 5.41) is 0. The van der Waals surface area contributed by atoms with Crippen LogP contribution in [0, 0.1) is 13.8 Å². The van der Waals surface area contributed by atoms with Gasteiger partial charge in [-0.2, -0.15) is 0 Å². The van der Waals surface area contributed by atoms with Crippen LogP contribution in [0.5, 0.6) is 0 Å². The fraction of sp³-hybridized carbons (Fsp3) is 0.600. The molecule has 0 aliphatic rings. The summed E-state index contributed by atoms with van der Waals surface area (Å²) >= 11 is 1.27. The monoisotopic (exact) mass is 243 g/mol. The van der Waals surface area contributed by atoms with Crippen molar-refractivity contribution in [2.24, 2.45) is 5.84 Å². The molecule has 1 rings (SSSR count). The zero-order chi connectivity index (χ0) is 12.1. The molecule has 6 heteroatoms. The van der Waals surface area contributed by atoms with Gasteiger partial charge in [0, 0.05) is 23.5 Å². The van der Waals surface area contributed by atoms with Gasteiger partial charge in [0.2, 0.25) is 5.91 Å². The maximum Gasteiger partial charge on any atom is 0.307 e. The Morgan fingerprint density at radius 3 is 2.62 bits per heavy atom. The first-order valence-corrected chi connectivity index (χ1v) is 6.04. The van der Waals surface area contributed by atoms with Gasteiger partial charge < -0.3 is 4.57 Å². The van der Waals surface area contributed by atoms with Gasteiger partial charge in [-0.15, -0.1) is 0 Å². The van der Waals surface area contributed by atoms with E-state index in [0.29, 0.717) is 13.0 Å². The number of unbranched alkanes of at least 4 members (excludes halogenated alkanes) is 1. The van der Waals surface area contributed by atoms with Gasteiger partial charge in [0.1, 0.15) is 0 Å². The number of amides is 1. The molecule has 0 radical (unpaired) electrons. The van der Waals surface area contributed by atoms with Crippen LogP contribution in [0.2, 0.25) is 0 Å². The summed E-state index contributed by atoms with van der Waals surface area (Å²) in [5.41, 5.74) is 3.11.